The number of hydrogen-bond donors (Lipinski definition) is 1. The van der Waals surface area contributed by atoms with Crippen molar-refractivity contribution in [3.05, 3.63) is 107 Å². The first-order chi connectivity index (χ1) is 15.2. The molecule has 2 aromatic carbocycles. The molecule has 0 aliphatic carbocycles. The van der Waals surface area contributed by atoms with Crippen LogP contribution in [0.15, 0.2) is 79.1 Å². The summed E-state index contributed by atoms with van der Waals surface area (Å²) in [5.41, 5.74) is 5.82. The minimum atomic E-state index is -0.917. The van der Waals surface area contributed by atoms with Crippen LogP contribution in [0.4, 0.5) is 0 Å². The second kappa shape index (κ2) is 8.13. The van der Waals surface area contributed by atoms with Crippen molar-refractivity contribution in [1.29, 1.82) is 0 Å². The van der Waals surface area contributed by atoms with E-state index in [0.717, 1.165) is 28.9 Å². The van der Waals surface area contributed by atoms with Gasteiger partial charge in [-0.25, -0.2) is 9.78 Å². The quantitative estimate of drug-likeness (QED) is 0.522. The van der Waals surface area contributed by atoms with Crippen LogP contribution in [0.2, 0.25) is 0 Å². The number of aromatic nitrogens is 2. The maximum atomic E-state index is 12.3. The van der Waals surface area contributed by atoms with Crippen molar-refractivity contribution >= 4 is 28.5 Å². The number of aromatic carboxylic acids is 1. The Hall–Kier alpha value is -3.83. The molecule has 0 spiro atoms. The van der Waals surface area contributed by atoms with Crippen LogP contribution in [0, 0.1) is 0 Å². The highest BCUT2D eigenvalue weighted by Gasteiger charge is 2.28. The number of carboxylic acids is 1. The van der Waals surface area contributed by atoms with Gasteiger partial charge < -0.3 is 5.11 Å². The van der Waals surface area contributed by atoms with Crippen molar-refractivity contribution in [2.45, 2.75) is 13.1 Å². The van der Waals surface area contributed by atoms with Crippen molar-refractivity contribution in [3.8, 4) is 0 Å². The van der Waals surface area contributed by atoms with Gasteiger partial charge in [-0.15, -0.1) is 0 Å². The summed E-state index contributed by atoms with van der Waals surface area (Å²) in [6.45, 7) is 1.96. The fraction of sp³-hybridized carbons (Fsp3) is 0.115. The van der Waals surface area contributed by atoms with Gasteiger partial charge in [0.05, 0.1) is 16.8 Å². The molecule has 1 N–H and O–H groups in total. The molecule has 0 radical (unpaired) electrons. The van der Waals surface area contributed by atoms with E-state index >= 15 is 0 Å². The zero-order valence-corrected chi connectivity index (χ0v) is 16.9. The van der Waals surface area contributed by atoms with E-state index in [4.69, 9.17) is 4.98 Å². The van der Waals surface area contributed by atoms with Gasteiger partial charge in [-0.2, -0.15) is 0 Å². The number of benzene rings is 2. The second-order valence-electron chi connectivity index (χ2n) is 7.72. The molecule has 0 atom stereocenters. The summed E-state index contributed by atoms with van der Waals surface area (Å²) in [5.74, 6) is -0.917. The molecule has 152 valence electrons. The van der Waals surface area contributed by atoms with Gasteiger partial charge in [0.15, 0.2) is 0 Å². The molecule has 5 nitrogen and oxygen atoms in total. The predicted octanol–water partition coefficient (Wildman–Crippen LogP) is 4.88. The number of fused-ring (bicyclic) bond motifs is 2. The molecule has 0 amide bonds. The van der Waals surface area contributed by atoms with E-state index in [1.54, 1.807) is 12.4 Å². The van der Waals surface area contributed by atoms with Crippen molar-refractivity contribution < 1.29 is 9.90 Å². The van der Waals surface area contributed by atoms with Gasteiger partial charge in [0.1, 0.15) is 0 Å². The third kappa shape index (κ3) is 3.83. The zero-order chi connectivity index (χ0) is 21.2. The SMILES string of the molecule is O=C(O)c1c2c(nc3ccccc13)/C(=C/c1ccncc1)CN(Cc1ccccc1)C2. The molecule has 0 saturated heterocycles. The average molecular weight is 407 g/mol. The largest absolute Gasteiger partial charge is 0.478 e. The predicted molar refractivity (Wildman–Crippen MR) is 121 cm³/mol. The number of hydrogen-bond acceptors (Lipinski definition) is 4. The highest BCUT2D eigenvalue weighted by atomic mass is 16.4. The van der Waals surface area contributed by atoms with Gasteiger partial charge in [0, 0.05) is 43.0 Å². The molecule has 3 heterocycles. The van der Waals surface area contributed by atoms with Crippen molar-refractivity contribution in [3.63, 3.8) is 0 Å². The van der Waals surface area contributed by atoms with Crippen molar-refractivity contribution in [2.24, 2.45) is 0 Å². The van der Waals surface area contributed by atoms with E-state index < -0.39 is 5.97 Å². The summed E-state index contributed by atoms with van der Waals surface area (Å²) in [6.07, 6.45) is 5.60. The van der Waals surface area contributed by atoms with E-state index in [2.05, 4.69) is 28.1 Å². The first-order valence-electron chi connectivity index (χ1n) is 10.2. The van der Waals surface area contributed by atoms with Crippen molar-refractivity contribution in [1.82, 2.24) is 14.9 Å². The summed E-state index contributed by atoms with van der Waals surface area (Å²) in [7, 11) is 0. The minimum absolute atomic E-state index is 0.346. The molecule has 1 aliphatic rings. The molecule has 0 unspecified atom stereocenters. The number of para-hydroxylation sites is 1. The fourth-order valence-corrected chi connectivity index (χ4v) is 4.24. The van der Waals surface area contributed by atoms with Gasteiger partial charge in [-0.3, -0.25) is 9.88 Å². The lowest BCUT2D eigenvalue weighted by Gasteiger charge is -2.31. The molecule has 0 fully saturated rings. The lowest BCUT2D eigenvalue weighted by atomic mass is 9.92. The topological polar surface area (TPSA) is 66.3 Å². The molecule has 0 bridgehead atoms. The first kappa shape index (κ1) is 19.2. The van der Waals surface area contributed by atoms with Crippen LogP contribution in [-0.4, -0.2) is 32.5 Å². The normalized spacial score (nSPS) is 15.2. The summed E-state index contributed by atoms with van der Waals surface area (Å²) >= 11 is 0. The monoisotopic (exact) mass is 407 g/mol. The number of carboxylic acid groups (broad SMARTS) is 1. The summed E-state index contributed by atoms with van der Waals surface area (Å²) in [4.78, 5) is 23.6. The van der Waals surface area contributed by atoms with Gasteiger partial charge >= 0.3 is 5.97 Å². The Kier molecular flexibility index (Phi) is 5.02. The molecular weight excluding hydrogens is 386 g/mol. The second-order valence-corrected chi connectivity index (χ2v) is 7.72. The Bertz CT molecular complexity index is 1280. The Morgan fingerprint density at radius 3 is 2.48 bits per heavy atom. The van der Waals surface area contributed by atoms with E-state index in [1.807, 2.05) is 54.6 Å². The highest BCUT2D eigenvalue weighted by Crippen LogP contribution is 2.34. The molecule has 5 heteroatoms. The Morgan fingerprint density at radius 2 is 1.71 bits per heavy atom. The number of pyridine rings is 2. The molecule has 0 saturated carbocycles. The van der Waals surface area contributed by atoms with Gasteiger partial charge in [-0.1, -0.05) is 48.5 Å². The fourth-order valence-electron chi connectivity index (χ4n) is 4.24. The maximum Gasteiger partial charge on any atom is 0.336 e. The van der Waals surface area contributed by atoms with E-state index in [9.17, 15) is 9.90 Å². The van der Waals surface area contributed by atoms with Crippen molar-refractivity contribution in [2.75, 3.05) is 6.54 Å². The lowest BCUT2D eigenvalue weighted by molar-refractivity contribution is 0.0696. The molecule has 5 rings (SSSR count). The summed E-state index contributed by atoms with van der Waals surface area (Å²) < 4.78 is 0. The van der Waals surface area contributed by atoms with Crippen LogP contribution in [0.5, 0.6) is 0 Å². The standard InChI is InChI=1S/C26H21N3O2/c30-26(31)24-21-8-4-5-9-23(21)28-25-20(14-18-10-12-27-13-11-18)16-29(17-22(24)25)15-19-6-2-1-3-7-19/h1-14H,15-17H2,(H,30,31)/b20-14+. The third-order valence-corrected chi connectivity index (χ3v) is 5.58. The molecule has 2 aromatic heterocycles. The molecule has 31 heavy (non-hydrogen) atoms. The maximum absolute atomic E-state index is 12.3. The number of rotatable bonds is 4. The van der Waals surface area contributed by atoms with E-state index in [0.29, 0.717) is 29.6 Å². The summed E-state index contributed by atoms with van der Waals surface area (Å²) in [6, 6.07) is 21.6. The summed E-state index contributed by atoms with van der Waals surface area (Å²) in [5, 5.41) is 10.8. The number of carbonyl (C=O) groups is 1. The molecular formula is C26H21N3O2. The molecule has 4 aromatic rings. The smallest absolute Gasteiger partial charge is 0.336 e. The average Bonchev–Trinajstić information content (AvgIpc) is 2.79. The van der Waals surface area contributed by atoms with Gasteiger partial charge in [-0.05, 0) is 41.0 Å². The molecule has 1 aliphatic heterocycles. The number of nitrogens with zero attached hydrogens (tertiary/aromatic N) is 3. The van der Waals surface area contributed by atoms with E-state index in [-0.39, 0.29) is 0 Å². The van der Waals surface area contributed by atoms with Gasteiger partial charge in [0.2, 0.25) is 0 Å². The van der Waals surface area contributed by atoms with Gasteiger partial charge in [0.25, 0.3) is 0 Å². The zero-order valence-electron chi connectivity index (χ0n) is 16.9. The van der Waals surface area contributed by atoms with Crippen LogP contribution in [-0.2, 0) is 13.1 Å². The van der Waals surface area contributed by atoms with Crippen LogP contribution >= 0.6 is 0 Å². The van der Waals surface area contributed by atoms with Crippen LogP contribution in [0.1, 0.15) is 32.7 Å². The Balaban J connectivity index is 1.69. The highest BCUT2D eigenvalue weighted by molar-refractivity contribution is 6.06. The third-order valence-electron chi connectivity index (χ3n) is 5.58. The minimum Gasteiger partial charge on any atom is -0.478 e. The van der Waals surface area contributed by atoms with Crippen LogP contribution < -0.4 is 0 Å². The van der Waals surface area contributed by atoms with Crippen LogP contribution in [0.3, 0.4) is 0 Å². The Morgan fingerprint density at radius 1 is 0.968 bits per heavy atom. The van der Waals surface area contributed by atoms with E-state index in [1.165, 1.54) is 5.56 Å². The first-order valence-corrected chi connectivity index (χ1v) is 10.2. The Labute approximate surface area is 180 Å². The lowest BCUT2D eigenvalue weighted by Crippen LogP contribution is -2.31. The van der Waals surface area contributed by atoms with Crippen LogP contribution in [0.25, 0.3) is 22.6 Å².